The van der Waals surface area contributed by atoms with Crippen LogP contribution in [0.1, 0.15) is 18.1 Å². The maximum absolute atomic E-state index is 11.7. The van der Waals surface area contributed by atoms with Gasteiger partial charge in [-0.15, -0.1) is 11.8 Å². The Morgan fingerprint density at radius 3 is 2.62 bits per heavy atom. The van der Waals surface area contributed by atoms with Gasteiger partial charge in [0.15, 0.2) is 0 Å². The summed E-state index contributed by atoms with van der Waals surface area (Å²) in [6.07, 6.45) is 3.38. The molecule has 1 atom stereocenters. The lowest BCUT2D eigenvalue weighted by atomic mass is 10.1. The van der Waals surface area contributed by atoms with Gasteiger partial charge < -0.3 is 10.4 Å². The first-order chi connectivity index (χ1) is 10.3. The summed E-state index contributed by atoms with van der Waals surface area (Å²) in [5, 5.41) is 12.8. The van der Waals surface area contributed by atoms with E-state index >= 15 is 0 Å². The average molecular weight is 302 g/mol. The molecule has 0 aliphatic heterocycles. The molecule has 1 amide bonds. The Morgan fingerprint density at radius 1 is 1.19 bits per heavy atom. The van der Waals surface area contributed by atoms with Crippen LogP contribution in [-0.4, -0.2) is 28.3 Å². The first-order valence-electron chi connectivity index (χ1n) is 6.78. The highest BCUT2D eigenvalue weighted by atomic mass is 32.2. The number of hydrogen-bond donors (Lipinski definition) is 2. The number of carbonyl (C=O) groups is 1. The molecule has 0 aliphatic carbocycles. The van der Waals surface area contributed by atoms with Crippen LogP contribution in [0.3, 0.4) is 0 Å². The third kappa shape index (κ3) is 5.57. The van der Waals surface area contributed by atoms with Crippen LogP contribution in [0.4, 0.5) is 0 Å². The van der Waals surface area contributed by atoms with Gasteiger partial charge in [-0.05, 0) is 24.1 Å². The van der Waals surface area contributed by atoms with Gasteiger partial charge in [0.1, 0.15) is 0 Å². The molecule has 1 aromatic carbocycles. The third-order valence-electron chi connectivity index (χ3n) is 2.94. The van der Waals surface area contributed by atoms with Gasteiger partial charge in [-0.3, -0.25) is 9.78 Å². The monoisotopic (exact) mass is 302 g/mol. The molecule has 0 saturated carbocycles. The number of carbonyl (C=O) groups excluding carboxylic acids is 1. The topological polar surface area (TPSA) is 62.2 Å². The van der Waals surface area contributed by atoms with Crippen molar-refractivity contribution in [3.05, 3.63) is 60.4 Å². The van der Waals surface area contributed by atoms with Crippen molar-refractivity contribution in [2.75, 3.05) is 12.3 Å². The maximum atomic E-state index is 11.7. The molecular weight excluding hydrogens is 284 g/mol. The van der Waals surface area contributed by atoms with Crippen LogP contribution in [0, 0.1) is 0 Å². The lowest BCUT2D eigenvalue weighted by Gasteiger charge is -2.11. The van der Waals surface area contributed by atoms with Crippen molar-refractivity contribution in [3.63, 3.8) is 0 Å². The second-order valence-electron chi connectivity index (χ2n) is 4.54. The van der Waals surface area contributed by atoms with Crippen molar-refractivity contribution in [3.8, 4) is 0 Å². The van der Waals surface area contributed by atoms with Crippen LogP contribution in [-0.2, 0) is 4.79 Å². The van der Waals surface area contributed by atoms with Gasteiger partial charge in [-0.1, -0.05) is 30.3 Å². The molecule has 2 rings (SSSR count). The van der Waals surface area contributed by atoms with Crippen LogP contribution in [0.2, 0.25) is 0 Å². The van der Waals surface area contributed by atoms with Crippen molar-refractivity contribution >= 4 is 17.7 Å². The predicted octanol–water partition coefficient (Wildman–Crippen LogP) is 2.41. The van der Waals surface area contributed by atoms with Crippen molar-refractivity contribution in [2.45, 2.75) is 17.4 Å². The normalized spacial score (nSPS) is 11.9. The molecule has 0 saturated heterocycles. The quantitative estimate of drug-likeness (QED) is 0.771. The highest BCUT2D eigenvalue weighted by molar-refractivity contribution is 8.00. The van der Waals surface area contributed by atoms with E-state index in [1.165, 1.54) is 11.8 Å². The second kappa shape index (κ2) is 8.44. The molecule has 2 N–H and O–H groups in total. The van der Waals surface area contributed by atoms with E-state index in [2.05, 4.69) is 10.3 Å². The fraction of sp³-hybridized carbons (Fsp3) is 0.250. The van der Waals surface area contributed by atoms with Gasteiger partial charge >= 0.3 is 0 Å². The molecule has 0 spiro atoms. The van der Waals surface area contributed by atoms with Crippen LogP contribution in [0.5, 0.6) is 0 Å². The molecule has 0 fully saturated rings. The maximum Gasteiger partial charge on any atom is 0.230 e. The number of rotatable bonds is 7. The molecular formula is C16H18N2O2S. The van der Waals surface area contributed by atoms with Crippen molar-refractivity contribution in [1.29, 1.82) is 0 Å². The molecule has 1 heterocycles. The fourth-order valence-corrected chi connectivity index (χ4v) is 2.54. The first-order valence-corrected chi connectivity index (χ1v) is 7.77. The number of aliphatic hydroxyl groups is 1. The molecule has 1 unspecified atom stereocenters. The van der Waals surface area contributed by atoms with Crippen molar-refractivity contribution in [2.24, 2.45) is 0 Å². The number of aromatic nitrogens is 1. The van der Waals surface area contributed by atoms with Crippen LogP contribution in [0.25, 0.3) is 0 Å². The minimum atomic E-state index is -0.542. The first kappa shape index (κ1) is 15.5. The number of nitrogens with one attached hydrogen (secondary N) is 1. The molecule has 0 radical (unpaired) electrons. The van der Waals surface area contributed by atoms with E-state index in [1.807, 2.05) is 42.5 Å². The fourth-order valence-electron chi connectivity index (χ4n) is 1.82. The Morgan fingerprint density at radius 2 is 1.90 bits per heavy atom. The predicted molar refractivity (Wildman–Crippen MR) is 84.0 cm³/mol. The molecule has 1 aromatic heterocycles. The molecule has 4 nitrogen and oxygen atoms in total. The summed E-state index contributed by atoms with van der Waals surface area (Å²) in [4.78, 5) is 16.7. The number of hydrogen-bond acceptors (Lipinski definition) is 4. The second-order valence-corrected chi connectivity index (χ2v) is 5.59. The van der Waals surface area contributed by atoms with Gasteiger partial charge in [-0.2, -0.15) is 0 Å². The lowest BCUT2D eigenvalue weighted by molar-refractivity contribution is -0.118. The number of aliphatic hydroxyl groups excluding tert-OH is 1. The molecule has 110 valence electrons. The van der Waals surface area contributed by atoms with E-state index in [0.717, 1.165) is 10.5 Å². The summed E-state index contributed by atoms with van der Waals surface area (Å²) in [6.45, 7) is 0.464. The van der Waals surface area contributed by atoms with Gasteiger partial charge in [0.2, 0.25) is 5.91 Å². The minimum Gasteiger partial charge on any atom is -0.388 e. The van der Waals surface area contributed by atoms with Crippen molar-refractivity contribution < 1.29 is 9.90 Å². The van der Waals surface area contributed by atoms with Crippen LogP contribution >= 0.6 is 11.8 Å². The van der Waals surface area contributed by atoms with E-state index in [9.17, 15) is 9.90 Å². The molecule has 0 bridgehead atoms. The van der Waals surface area contributed by atoms with Crippen LogP contribution < -0.4 is 5.32 Å². The van der Waals surface area contributed by atoms with E-state index in [-0.39, 0.29) is 5.91 Å². The Hall–Kier alpha value is -1.85. The zero-order valence-corrected chi connectivity index (χ0v) is 12.4. The molecule has 0 aliphatic rings. The summed E-state index contributed by atoms with van der Waals surface area (Å²) in [7, 11) is 0. The smallest absolute Gasteiger partial charge is 0.230 e. The molecule has 21 heavy (non-hydrogen) atoms. The summed E-state index contributed by atoms with van der Waals surface area (Å²) in [5.41, 5.74) is 0.873. The Labute approximate surface area is 128 Å². The van der Waals surface area contributed by atoms with E-state index in [4.69, 9.17) is 0 Å². The summed E-state index contributed by atoms with van der Waals surface area (Å²) in [6, 6.07) is 13.2. The van der Waals surface area contributed by atoms with E-state index < -0.39 is 6.10 Å². The van der Waals surface area contributed by atoms with Gasteiger partial charge in [-0.25, -0.2) is 0 Å². The number of nitrogens with zero attached hydrogens (tertiary/aromatic N) is 1. The van der Waals surface area contributed by atoms with Gasteiger partial charge in [0.25, 0.3) is 0 Å². The summed E-state index contributed by atoms with van der Waals surface area (Å²) in [5.74, 6) is 0.336. The average Bonchev–Trinajstić information content (AvgIpc) is 2.54. The SMILES string of the molecule is O=C(CSc1ccncc1)NCCC(O)c1ccccc1. The zero-order chi connectivity index (χ0) is 14.9. The highest BCUT2D eigenvalue weighted by Crippen LogP contribution is 2.16. The van der Waals surface area contributed by atoms with Gasteiger partial charge in [0, 0.05) is 23.8 Å². The van der Waals surface area contributed by atoms with Crippen molar-refractivity contribution in [1.82, 2.24) is 10.3 Å². The molecule has 5 heteroatoms. The zero-order valence-electron chi connectivity index (χ0n) is 11.6. The van der Waals surface area contributed by atoms with Crippen LogP contribution in [0.15, 0.2) is 59.8 Å². The lowest BCUT2D eigenvalue weighted by Crippen LogP contribution is -2.27. The number of amides is 1. The Kier molecular flexibility index (Phi) is 6.24. The van der Waals surface area contributed by atoms with Gasteiger partial charge in [0.05, 0.1) is 11.9 Å². The number of thioether (sulfide) groups is 1. The number of pyridine rings is 1. The van der Waals surface area contributed by atoms with E-state index in [0.29, 0.717) is 18.7 Å². The standard InChI is InChI=1S/C16H18N2O2S/c19-15(13-4-2-1-3-5-13)8-11-18-16(20)12-21-14-6-9-17-10-7-14/h1-7,9-10,15,19H,8,11-12H2,(H,18,20). The third-order valence-corrected chi connectivity index (χ3v) is 3.96. The number of benzene rings is 1. The Balaban J connectivity index is 1.65. The largest absolute Gasteiger partial charge is 0.388 e. The minimum absolute atomic E-state index is 0.0305. The molecule has 2 aromatic rings. The highest BCUT2D eigenvalue weighted by Gasteiger charge is 2.08. The summed E-state index contributed by atoms with van der Waals surface area (Å²) >= 11 is 1.47. The summed E-state index contributed by atoms with van der Waals surface area (Å²) < 4.78 is 0. The van der Waals surface area contributed by atoms with E-state index in [1.54, 1.807) is 12.4 Å². The Bertz CT molecular complexity index is 549.